The van der Waals surface area contributed by atoms with Crippen LogP contribution in [-0.4, -0.2) is 36.5 Å². The molecule has 2 rings (SSSR count). The Hall–Kier alpha value is -2.08. The summed E-state index contributed by atoms with van der Waals surface area (Å²) < 4.78 is 5.44. The van der Waals surface area contributed by atoms with Crippen molar-refractivity contribution in [2.75, 3.05) is 13.2 Å². The van der Waals surface area contributed by atoms with Crippen LogP contribution in [0.25, 0.3) is 0 Å². The van der Waals surface area contributed by atoms with Crippen LogP contribution in [0, 0.1) is 0 Å². The summed E-state index contributed by atoms with van der Waals surface area (Å²) in [7, 11) is 0. The van der Waals surface area contributed by atoms with Crippen LogP contribution in [0.1, 0.15) is 32.3 Å². The van der Waals surface area contributed by atoms with Gasteiger partial charge in [-0.25, -0.2) is 0 Å². The smallest absolute Gasteiger partial charge is 0.258 e. The first-order chi connectivity index (χ1) is 10.8. The van der Waals surface area contributed by atoms with Gasteiger partial charge in [-0.1, -0.05) is 12.1 Å². The number of carbonyl (C=O) groups is 2. The van der Waals surface area contributed by atoms with Gasteiger partial charge in [0.1, 0.15) is 5.75 Å². The number of nitrogens with two attached hydrogens (primary N) is 1. The monoisotopic (exact) mass is 319 g/mol. The molecule has 0 aliphatic heterocycles. The van der Waals surface area contributed by atoms with Crippen molar-refractivity contribution in [1.29, 1.82) is 0 Å². The molecule has 4 N–H and O–H groups in total. The Bertz CT molecular complexity index is 545. The van der Waals surface area contributed by atoms with E-state index in [0.29, 0.717) is 24.8 Å². The van der Waals surface area contributed by atoms with E-state index in [1.807, 2.05) is 24.3 Å². The zero-order valence-electron chi connectivity index (χ0n) is 13.7. The van der Waals surface area contributed by atoms with E-state index in [-0.39, 0.29) is 18.4 Å². The molecule has 0 heterocycles. The number of carbonyl (C=O) groups excluding carboxylic acids is 2. The fourth-order valence-corrected chi connectivity index (χ4v) is 1.95. The normalized spacial score (nSPS) is 14.2. The molecule has 0 bridgehead atoms. The lowest BCUT2D eigenvalue weighted by Gasteiger charge is -2.17. The first-order valence-electron chi connectivity index (χ1n) is 7.93. The molecule has 0 atom stereocenters. The molecule has 23 heavy (non-hydrogen) atoms. The lowest BCUT2D eigenvalue weighted by Crippen LogP contribution is -2.49. The quantitative estimate of drug-likeness (QED) is 0.659. The summed E-state index contributed by atoms with van der Waals surface area (Å²) in [6.07, 6.45) is 2.85. The van der Waals surface area contributed by atoms with Crippen molar-refractivity contribution in [2.24, 2.45) is 5.73 Å². The molecule has 1 fully saturated rings. The van der Waals surface area contributed by atoms with Crippen LogP contribution < -0.4 is 21.1 Å². The summed E-state index contributed by atoms with van der Waals surface area (Å²) in [4.78, 5) is 23.2. The molecule has 0 radical (unpaired) electrons. The molecule has 6 heteroatoms. The maximum absolute atomic E-state index is 11.6. The van der Waals surface area contributed by atoms with Gasteiger partial charge in [-0.3, -0.25) is 9.59 Å². The molecule has 0 spiro atoms. The Morgan fingerprint density at radius 2 is 1.91 bits per heavy atom. The summed E-state index contributed by atoms with van der Waals surface area (Å²) in [6.45, 7) is 3.92. The Balaban J connectivity index is 1.69. The lowest BCUT2D eigenvalue weighted by atomic mass is 10.1. The average molecular weight is 319 g/mol. The van der Waals surface area contributed by atoms with E-state index in [0.717, 1.165) is 18.4 Å². The van der Waals surface area contributed by atoms with Gasteiger partial charge in [0.25, 0.3) is 5.91 Å². The Morgan fingerprint density at radius 1 is 1.26 bits per heavy atom. The number of benzene rings is 1. The van der Waals surface area contributed by atoms with Gasteiger partial charge in [-0.2, -0.15) is 0 Å². The number of rotatable bonds is 8. The van der Waals surface area contributed by atoms with Crippen molar-refractivity contribution >= 4 is 11.8 Å². The first-order valence-corrected chi connectivity index (χ1v) is 7.93. The lowest BCUT2D eigenvalue weighted by molar-refractivity contribution is -0.125. The molecule has 126 valence electrons. The van der Waals surface area contributed by atoms with E-state index in [1.165, 1.54) is 0 Å². The molecule has 6 nitrogen and oxygen atoms in total. The van der Waals surface area contributed by atoms with Crippen LogP contribution in [0.4, 0.5) is 0 Å². The molecule has 1 aromatic rings. The summed E-state index contributed by atoms with van der Waals surface area (Å²) in [5, 5.41) is 5.67. The Kier molecular flexibility index (Phi) is 5.60. The van der Waals surface area contributed by atoms with E-state index < -0.39 is 5.54 Å². The van der Waals surface area contributed by atoms with Crippen molar-refractivity contribution in [2.45, 2.75) is 44.7 Å². The number of hydrogen-bond donors (Lipinski definition) is 3. The molecular weight excluding hydrogens is 294 g/mol. The van der Waals surface area contributed by atoms with Crippen LogP contribution >= 0.6 is 0 Å². The van der Waals surface area contributed by atoms with Gasteiger partial charge < -0.3 is 21.1 Å². The van der Waals surface area contributed by atoms with Crippen molar-refractivity contribution in [3.8, 4) is 5.75 Å². The third-order valence-corrected chi connectivity index (χ3v) is 3.52. The van der Waals surface area contributed by atoms with Crippen LogP contribution in [0.3, 0.4) is 0 Å². The van der Waals surface area contributed by atoms with Gasteiger partial charge in [-0.15, -0.1) is 0 Å². The minimum absolute atomic E-state index is 0.0392. The van der Waals surface area contributed by atoms with E-state index >= 15 is 0 Å². The standard InChI is InChI=1S/C17H25N3O3/c1-17(2,18)16(22)19-10-9-12-3-7-14(8-4-12)23-11-15(21)20-13-5-6-13/h3-4,7-8,13H,5-6,9-11,18H2,1-2H3,(H,19,22)(H,20,21). The largest absolute Gasteiger partial charge is 0.484 e. The summed E-state index contributed by atoms with van der Waals surface area (Å²) in [5.41, 5.74) is 5.93. The Labute approximate surface area is 136 Å². The van der Waals surface area contributed by atoms with Crippen LogP contribution in [0.5, 0.6) is 5.75 Å². The predicted octanol–water partition coefficient (Wildman–Crippen LogP) is 0.740. The molecular formula is C17H25N3O3. The molecule has 1 aliphatic carbocycles. The number of ether oxygens (including phenoxy) is 1. The summed E-state index contributed by atoms with van der Waals surface area (Å²) >= 11 is 0. The molecule has 0 saturated heterocycles. The van der Waals surface area contributed by atoms with E-state index in [1.54, 1.807) is 13.8 Å². The van der Waals surface area contributed by atoms with E-state index in [4.69, 9.17) is 10.5 Å². The highest BCUT2D eigenvalue weighted by Gasteiger charge is 2.23. The zero-order chi connectivity index (χ0) is 16.9. The van der Waals surface area contributed by atoms with Gasteiger partial charge in [-0.05, 0) is 50.8 Å². The molecule has 0 unspecified atom stereocenters. The maximum Gasteiger partial charge on any atom is 0.258 e. The minimum atomic E-state index is -0.862. The third-order valence-electron chi connectivity index (χ3n) is 3.52. The van der Waals surface area contributed by atoms with Crippen molar-refractivity contribution in [1.82, 2.24) is 10.6 Å². The average Bonchev–Trinajstić information content (AvgIpc) is 3.29. The minimum Gasteiger partial charge on any atom is -0.484 e. The molecule has 2 amide bonds. The first kappa shape index (κ1) is 17.3. The van der Waals surface area contributed by atoms with Gasteiger partial charge in [0.05, 0.1) is 5.54 Å². The number of nitrogens with one attached hydrogen (secondary N) is 2. The molecule has 1 aromatic carbocycles. The van der Waals surface area contributed by atoms with Crippen molar-refractivity contribution in [3.05, 3.63) is 29.8 Å². The van der Waals surface area contributed by atoms with Crippen molar-refractivity contribution < 1.29 is 14.3 Å². The predicted molar refractivity (Wildman–Crippen MR) is 88.1 cm³/mol. The van der Waals surface area contributed by atoms with Gasteiger partial charge >= 0.3 is 0 Å². The molecule has 1 aliphatic rings. The summed E-state index contributed by atoms with van der Waals surface area (Å²) in [5.74, 6) is 0.412. The van der Waals surface area contributed by atoms with Gasteiger partial charge in [0, 0.05) is 12.6 Å². The second kappa shape index (κ2) is 7.46. The van der Waals surface area contributed by atoms with Crippen molar-refractivity contribution in [3.63, 3.8) is 0 Å². The van der Waals surface area contributed by atoms with Crippen LogP contribution in [-0.2, 0) is 16.0 Å². The zero-order valence-corrected chi connectivity index (χ0v) is 13.7. The van der Waals surface area contributed by atoms with Crippen LogP contribution in [0.2, 0.25) is 0 Å². The topological polar surface area (TPSA) is 93.5 Å². The molecule has 0 aromatic heterocycles. The fraction of sp³-hybridized carbons (Fsp3) is 0.529. The fourth-order valence-electron chi connectivity index (χ4n) is 1.95. The Morgan fingerprint density at radius 3 is 2.48 bits per heavy atom. The second-order valence-corrected chi connectivity index (χ2v) is 6.50. The van der Waals surface area contributed by atoms with Crippen LogP contribution in [0.15, 0.2) is 24.3 Å². The van der Waals surface area contributed by atoms with Gasteiger partial charge in [0.15, 0.2) is 6.61 Å². The molecule has 1 saturated carbocycles. The summed E-state index contributed by atoms with van der Waals surface area (Å²) in [6, 6.07) is 7.85. The highest BCUT2D eigenvalue weighted by atomic mass is 16.5. The van der Waals surface area contributed by atoms with Gasteiger partial charge in [0.2, 0.25) is 5.91 Å². The maximum atomic E-state index is 11.6. The highest BCUT2D eigenvalue weighted by Crippen LogP contribution is 2.18. The SMILES string of the molecule is CC(C)(N)C(=O)NCCc1ccc(OCC(=O)NC2CC2)cc1. The van der Waals surface area contributed by atoms with E-state index in [9.17, 15) is 9.59 Å². The van der Waals surface area contributed by atoms with E-state index in [2.05, 4.69) is 10.6 Å². The highest BCUT2D eigenvalue weighted by molar-refractivity contribution is 5.85. The third kappa shape index (κ3) is 6.28. The second-order valence-electron chi connectivity index (χ2n) is 6.50. The number of hydrogen-bond acceptors (Lipinski definition) is 4. The number of amides is 2.